The number of carbonyl (C=O) groups excluding carboxylic acids is 2. The molecule has 0 aliphatic carbocycles. The van der Waals surface area contributed by atoms with Gasteiger partial charge in [0.2, 0.25) is 5.78 Å². The molecule has 0 saturated heterocycles. The van der Waals surface area contributed by atoms with E-state index >= 15 is 0 Å². The fourth-order valence-corrected chi connectivity index (χ4v) is 4.32. The van der Waals surface area contributed by atoms with Crippen LogP contribution >= 0.6 is 23.3 Å². The third-order valence-corrected chi connectivity index (χ3v) is 5.56. The van der Waals surface area contributed by atoms with Crippen molar-refractivity contribution in [3.63, 3.8) is 0 Å². The van der Waals surface area contributed by atoms with Crippen molar-refractivity contribution in [2.24, 2.45) is 0 Å². The number of aromatic nitrogens is 1. The van der Waals surface area contributed by atoms with Gasteiger partial charge in [-0.15, -0.1) is 11.3 Å². The standard InChI is InChI=1S/C14H10F3N3O2S2/c1-20-10(13(22)19-9-4-2-3-5-18-9)11(21)12-7(24-20)6-8(23-12)14(15,16)17/h2-6,10H,1H3,(H,18,19,22). The van der Waals surface area contributed by atoms with E-state index in [4.69, 9.17) is 0 Å². The Kier molecular flexibility index (Phi) is 4.37. The summed E-state index contributed by atoms with van der Waals surface area (Å²) in [5.41, 5.74) is 0. The molecule has 1 aliphatic heterocycles. The van der Waals surface area contributed by atoms with Crippen LogP contribution in [0.4, 0.5) is 19.0 Å². The Balaban J connectivity index is 1.87. The van der Waals surface area contributed by atoms with Crippen molar-refractivity contribution >= 4 is 40.8 Å². The highest BCUT2D eigenvalue weighted by Gasteiger charge is 2.42. The van der Waals surface area contributed by atoms with Gasteiger partial charge in [-0.2, -0.15) is 13.2 Å². The van der Waals surface area contributed by atoms with E-state index in [0.29, 0.717) is 11.3 Å². The van der Waals surface area contributed by atoms with Crippen LogP contribution in [0.1, 0.15) is 14.5 Å². The molecule has 1 amide bonds. The number of rotatable bonds is 2. The molecular formula is C14H10F3N3O2S2. The zero-order valence-electron chi connectivity index (χ0n) is 12.1. The molecule has 2 aromatic rings. The van der Waals surface area contributed by atoms with Gasteiger partial charge in [-0.05, 0) is 37.2 Å². The Morgan fingerprint density at radius 2 is 2.12 bits per heavy atom. The molecule has 2 aromatic heterocycles. The lowest BCUT2D eigenvalue weighted by atomic mass is 10.1. The number of nitrogens with zero attached hydrogens (tertiary/aromatic N) is 2. The van der Waals surface area contributed by atoms with Gasteiger partial charge in [0.15, 0.2) is 6.04 Å². The normalized spacial score (nSPS) is 18.3. The molecular weight excluding hydrogens is 363 g/mol. The highest BCUT2D eigenvalue weighted by molar-refractivity contribution is 7.97. The number of anilines is 1. The summed E-state index contributed by atoms with van der Waals surface area (Å²) in [4.78, 5) is 28.1. The molecule has 0 aromatic carbocycles. The van der Waals surface area contributed by atoms with Crippen molar-refractivity contribution in [1.29, 1.82) is 0 Å². The number of amides is 1. The second-order valence-corrected chi connectivity index (χ2v) is 7.16. The molecule has 10 heteroatoms. The number of halogens is 3. The van der Waals surface area contributed by atoms with E-state index in [1.807, 2.05) is 0 Å². The third kappa shape index (κ3) is 3.17. The van der Waals surface area contributed by atoms with Crippen LogP contribution in [0, 0.1) is 0 Å². The first-order valence-corrected chi connectivity index (χ1v) is 8.24. The van der Waals surface area contributed by atoms with Gasteiger partial charge >= 0.3 is 6.18 Å². The topological polar surface area (TPSA) is 62.3 Å². The van der Waals surface area contributed by atoms with Crippen molar-refractivity contribution in [3.05, 3.63) is 40.2 Å². The first kappa shape index (κ1) is 16.9. The van der Waals surface area contributed by atoms with Gasteiger partial charge in [0.1, 0.15) is 10.7 Å². The number of hydrogen-bond acceptors (Lipinski definition) is 6. The molecule has 5 nitrogen and oxygen atoms in total. The summed E-state index contributed by atoms with van der Waals surface area (Å²) in [5.74, 6) is -1.02. The number of hydrogen-bond donors (Lipinski definition) is 1. The minimum Gasteiger partial charge on any atom is -0.309 e. The van der Waals surface area contributed by atoms with Crippen molar-refractivity contribution in [2.45, 2.75) is 17.1 Å². The number of alkyl halides is 3. The lowest BCUT2D eigenvalue weighted by Gasteiger charge is -2.28. The monoisotopic (exact) mass is 373 g/mol. The van der Waals surface area contributed by atoms with E-state index in [1.54, 1.807) is 18.2 Å². The molecule has 0 bridgehead atoms. The number of carbonyl (C=O) groups is 2. The average molecular weight is 373 g/mol. The zero-order chi connectivity index (χ0) is 17.5. The molecule has 0 fully saturated rings. The third-order valence-electron chi connectivity index (χ3n) is 3.22. The number of thiophene rings is 1. The maximum Gasteiger partial charge on any atom is 0.425 e. The van der Waals surface area contributed by atoms with Gasteiger partial charge < -0.3 is 5.32 Å². The first-order valence-electron chi connectivity index (χ1n) is 6.65. The molecule has 0 spiro atoms. The summed E-state index contributed by atoms with van der Waals surface area (Å²) in [6.45, 7) is 0. The predicted octanol–water partition coefficient (Wildman–Crippen LogP) is 3.30. The smallest absolute Gasteiger partial charge is 0.309 e. The summed E-state index contributed by atoms with van der Waals surface area (Å²) >= 11 is 1.30. The summed E-state index contributed by atoms with van der Waals surface area (Å²) in [7, 11) is 1.49. The number of pyridine rings is 1. The van der Waals surface area contributed by atoms with Crippen molar-refractivity contribution in [2.75, 3.05) is 12.4 Å². The highest BCUT2D eigenvalue weighted by atomic mass is 32.2. The van der Waals surface area contributed by atoms with E-state index in [9.17, 15) is 22.8 Å². The van der Waals surface area contributed by atoms with Gasteiger partial charge in [-0.25, -0.2) is 9.29 Å². The lowest BCUT2D eigenvalue weighted by Crippen LogP contribution is -2.46. The lowest BCUT2D eigenvalue weighted by molar-refractivity contribution is -0.134. The Morgan fingerprint density at radius 3 is 2.75 bits per heavy atom. The van der Waals surface area contributed by atoms with E-state index < -0.39 is 28.8 Å². The maximum atomic E-state index is 12.8. The van der Waals surface area contributed by atoms with Crippen LogP contribution < -0.4 is 5.32 Å². The summed E-state index contributed by atoms with van der Waals surface area (Å²) < 4.78 is 39.8. The minimum atomic E-state index is -4.52. The van der Waals surface area contributed by atoms with Gasteiger partial charge in [-0.1, -0.05) is 6.07 Å². The molecule has 1 unspecified atom stereocenters. The van der Waals surface area contributed by atoms with Gasteiger partial charge in [0, 0.05) is 11.1 Å². The molecule has 0 saturated carbocycles. The van der Waals surface area contributed by atoms with Crippen molar-refractivity contribution in [1.82, 2.24) is 9.29 Å². The molecule has 126 valence electrons. The molecule has 1 atom stereocenters. The summed E-state index contributed by atoms with van der Waals surface area (Å²) in [6, 6.07) is 4.60. The average Bonchev–Trinajstić information content (AvgIpc) is 2.92. The van der Waals surface area contributed by atoms with Crippen LogP contribution in [0.15, 0.2) is 35.4 Å². The van der Waals surface area contributed by atoms with Gasteiger partial charge in [0.05, 0.1) is 4.88 Å². The fourth-order valence-electron chi connectivity index (χ4n) is 2.17. The van der Waals surface area contributed by atoms with E-state index in [2.05, 4.69) is 10.3 Å². The summed E-state index contributed by atoms with van der Waals surface area (Å²) in [6.07, 6.45) is -3.04. The Bertz CT molecular complexity index is 792. The van der Waals surface area contributed by atoms with Crippen LogP contribution in [-0.2, 0) is 11.0 Å². The second-order valence-electron chi connectivity index (χ2n) is 4.91. The predicted molar refractivity (Wildman–Crippen MR) is 83.9 cm³/mol. The maximum absolute atomic E-state index is 12.8. The Hall–Kier alpha value is -1.91. The summed E-state index contributed by atoms with van der Waals surface area (Å²) in [5, 5.41) is 2.50. The van der Waals surface area contributed by atoms with Crippen molar-refractivity contribution in [3.8, 4) is 0 Å². The number of Topliss-reactive ketones (excluding diaryl/α,β-unsaturated/α-hetero) is 1. The van der Waals surface area contributed by atoms with Gasteiger partial charge in [-0.3, -0.25) is 9.59 Å². The second kappa shape index (κ2) is 6.19. The minimum absolute atomic E-state index is 0.0494. The van der Waals surface area contributed by atoms with Crippen LogP contribution in [-0.4, -0.2) is 34.1 Å². The molecule has 3 heterocycles. The molecule has 3 rings (SSSR count). The number of likely N-dealkylation sites (N-methyl/N-ethyl adjacent to an activating group) is 1. The van der Waals surface area contributed by atoms with Crippen LogP contribution in [0.3, 0.4) is 0 Å². The van der Waals surface area contributed by atoms with Crippen molar-refractivity contribution < 1.29 is 22.8 Å². The number of fused-ring (bicyclic) bond motifs is 1. The first-order chi connectivity index (χ1) is 11.3. The molecule has 0 radical (unpaired) electrons. The fraction of sp³-hybridized carbons (Fsp3) is 0.214. The van der Waals surface area contributed by atoms with Crippen LogP contribution in [0.2, 0.25) is 0 Å². The van der Waals surface area contributed by atoms with Crippen LogP contribution in [0.25, 0.3) is 0 Å². The molecule has 24 heavy (non-hydrogen) atoms. The molecule has 1 N–H and O–H groups in total. The van der Waals surface area contributed by atoms with E-state index in [-0.39, 0.29) is 15.6 Å². The largest absolute Gasteiger partial charge is 0.425 e. The number of nitrogens with one attached hydrogen (secondary N) is 1. The Labute approximate surface area is 143 Å². The van der Waals surface area contributed by atoms with Gasteiger partial charge in [0.25, 0.3) is 5.91 Å². The number of ketones is 1. The Morgan fingerprint density at radius 1 is 1.38 bits per heavy atom. The quantitative estimate of drug-likeness (QED) is 0.646. The van der Waals surface area contributed by atoms with E-state index in [1.165, 1.54) is 17.5 Å². The highest BCUT2D eigenvalue weighted by Crippen LogP contribution is 2.44. The van der Waals surface area contributed by atoms with E-state index in [0.717, 1.165) is 18.0 Å². The molecule has 1 aliphatic rings. The SMILES string of the molecule is CN1Sc2cc(C(F)(F)F)sc2C(=O)C1C(=O)Nc1ccccn1. The zero-order valence-corrected chi connectivity index (χ0v) is 13.8. The van der Waals surface area contributed by atoms with Crippen LogP contribution in [0.5, 0.6) is 0 Å².